The highest BCUT2D eigenvalue weighted by Crippen LogP contribution is 2.30. The van der Waals surface area contributed by atoms with E-state index in [0.717, 1.165) is 26.4 Å². The number of esters is 1. The Hall–Kier alpha value is -6.55. The lowest BCUT2D eigenvalue weighted by Crippen LogP contribution is -2.50. The third kappa shape index (κ3) is 15.3. The number of rotatable bonds is 12. The van der Waals surface area contributed by atoms with Crippen molar-refractivity contribution in [1.29, 1.82) is 0 Å². The van der Waals surface area contributed by atoms with Gasteiger partial charge < -0.3 is 33.9 Å². The smallest absolute Gasteiger partial charge is 0.436 e. The number of amidine groups is 1. The van der Waals surface area contributed by atoms with E-state index in [9.17, 15) is 28.8 Å². The van der Waals surface area contributed by atoms with Gasteiger partial charge in [0, 0.05) is 40.4 Å². The van der Waals surface area contributed by atoms with Gasteiger partial charge in [0.2, 0.25) is 5.91 Å². The fourth-order valence-electron chi connectivity index (χ4n) is 6.63. The van der Waals surface area contributed by atoms with Crippen LogP contribution in [0.2, 0.25) is 0 Å². The lowest BCUT2D eigenvalue weighted by molar-refractivity contribution is -0.142. The first-order valence-electron chi connectivity index (χ1n) is 21.8. The minimum atomic E-state index is -1.17. The number of amides is 5. The van der Waals surface area contributed by atoms with Crippen LogP contribution in [0.15, 0.2) is 89.9 Å². The molecule has 0 fully saturated rings. The van der Waals surface area contributed by atoms with Crippen LogP contribution in [0, 0.1) is 0 Å². The molecule has 16 heteroatoms. The van der Waals surface area contributed by atoms with Gasteiger partial charge in [-0.1, -0.05) is 54.6 Å². The molecule has 1 N–H and O–H groups in total. The maximum Gasteiger partial charge on any atom is 0.436 e. The largest absolute Gasteiger partial charge is 0.489 e. The van der Waals surface area contributed by atoms with Gasteiger partial charge in [0.05, 0.1) is 13.0 Å². The highest BCUT2D eigenvalue weighted by molar-refractivity contribution is 7.12. The van der Waals surface area contributed by atoms with Crippen LogP contribution in [0.4, 0.5) is 14.4 Å². The summed E-state index contributed by atoms with van der Waals surface area (Å²) in [5, 5.41) is 2.94. The maximum atomic E-state index is 14.5. The minimum absolute atomic E-state index is 0.0681. The van der Waals surface area contributed by atoms with Crippen molar-refractivity contribution in [3.63, 3.8) is 0 Å². The molecule has 0 saturated heterocycles. The summed E-state index contributed by atoms with van der Waals surface area (Å²) >= 11 is 1.53. The molecule has 0 spiro atoms. The molecular formula is C50H60N4O11S. The van der Waals surface area contributed by atoms with Crippen LogP contribution in [-0.2, 0) is 61.0 Å². The molecule has 352 valence electrons. The summed E-state index contributed by atoms with van der Waals surface area (Å²) in [7, 11) is 0. The van der Waals surface area contributed by atoms with Crippen molar-refractivity contribution < 1.29 is 52.5 Å². The molecule has 66 heavy (non-hydrogen) atoms. The molecule has 0 unspecified atom stereocenters. The lowest BCUT2D eigenvalue weighted by atomic mass is 10.0. The quantitative estimate of drug-likeness (QED) is 0.0620. The topological polar surface area (TPSA) is 179 Å². The Morgan fingerprint density at radius 3 is 1.92 bits per heavy atom. The van der Waals surface area contributed by atoms with E-state index in [-0.39, 0.29) is 42.5 Å². The van der Waals surface area contributed by atoms with Crippen LogP contribution in [0.5, 0.6) is 5.75 Å². The summed E-state index contributed by atoms with van der Waals surface area (Å²) in [6.07, 6.45) is -2.55. The molecule has 2 heterocycles. The van der Waals surface area contributed by atoms with E-state index in [4.69, 9.17) is 23.7 Å². The Balaban J connectivity index is 1.44. The number of imide groups is 1. The number of hydrogen-bond acceptors (Lipinski definition) is 12. The summed E-state index contributed by atoms with van der Waals surface area (Å²) in [6.45, 7) is 17.7. The van der Waals surface area contributed by atoms with Crippen molar-refractivity contribution in [2.75, 3.05) is 13.2 Å². The van der Waals surface area contributed by atoms with E-state index >= 15 is 0 Å². The molecule has 5 rings (SSSR count). The lowest BCUT2D eigenvalue weighted by Gasteiger charge is -2.31. The number of carbonyl (C=O) groups is 6. The van der Waals surface area contributed by atoms with E-state index < -0.39 is 52.9 Å². The molecule has 0 bridgehead atoms. The molecule has 5 amide bonds. The minimum Gasteiger partial charge on any atom is -0.489 e. The summed E-state index contributed by atoms with van der Waals surface area (Å²) in [5.74, 6) is -1.03. The van der Waals surface area contributed by atoms with Crippen LogP contribution in [0.1, 0.15) is 112 Å². The molecule has 15 nitrogen and oxygen atoms in total. The van der Waals surface area contributed by atoms with Crippen LogP contribution in [0.25, 0.3) is 0 Å². The fourth-order valence-corrected chi connectivity index (χ4v) is 7.79. The first-order chi connectivity index (χ1) is 31.0. The van der Waals surface area contributed by atoms with Crippen molar-refractivity contribution in [2.24, 2.45) is 4.99 Å². The van der Waals surface area contributed by atoms with Crippen LogP contribution in [-0.4, -0.2) is 87.7 Å². The van der Waals surface area contributed by atoms with Crippen molar-refractivity contribution in [1.82, 2.24) is 15.1 Å². The van der Waals surface area contributed by atoms with Crippen molar-refractivity contribution in [2.45, 2.75) is 124 Å². The number of ether oxygens (including phenoxy) is 5. The van der Waals surface area contributed by atoms with Gasteiger partial charge in [-0.25, -0.2) is 14.4 Å². The molecule has 3 aromatic carbocycles. The van der Waals surface area contributed by atoms with Gasteiger partial charge >= 0.3 is 24.2 Å². The molecule has 1 atom stereocenters. The van der Waals surface area contributed by atoms with Gasteiger partial charge in [-0.2, -0.15) is 9.89 Å². The van der Waals surface area contributed by atoms with Crippen LogP contribution >= 0.6 is 11.3 Å². The molecule has 0 saturated carbocycles. The molecular weight excluding hydrogens is 865 g/mol. The maximum absolute atomic E-state index is 14.5. The Morgan fingerprint density at radius 1 is 0.758 bits per heavy atom. The molecule has 0 radical (unpaired) electrons. The number of carbonyl (C=O) groups excluding carboxylic acids is 6. The average Bonchev–Trinajstić information content (AvgIpc) is 3.62. The zero-order valence-corrected chi connectivity index (χ0v) is 40.2. The van der Waals surface area contributed by atoms with E-state index in [0.29, 0.717) is 36.8 Å². The second kappa shape index (κ2) is 21.6. The number of benzene rings is 3. The fraction of sp³-hybridized carbons (Fsp3) is 0.420. The number of nitrogens with one attached hydrogen (secondary N) is 1. The van der Waals surface area contributed by atoms with Crippen LogP contribution in [0.3, 0.4) is 0 Å². The Kier molecular flexibility index (Phi) is 16.5. The summed E-state index contributed by atoms with van der Waals surface area (Å²) in [6, 6.07) is 23.7. The number of fused-ring (bicyclic) bond motifs is 1. The predicted molar refractivity (Wildman–Crippen MR) is 249 cm³/mol. The normalized spacial score (nSPS) is 13.4. The van der Waals surface area contributed by atoms with Crippen LogP contribution < -0.4 is 10.1 Å². The second-order valence-electron chi connectivity index (χ2n) is 18.6. The number of thiophene rings is 1. The molecule has 1 aromatic heterocycles. The van der Waals surface area contributed by atoms with Crippen molar-refractivity contribution >= 4 is 53.2 Å². The third-order valence-electron chi connectivity index (χ3n) is 9.43. The second-order valence-corrected chi connectivity index (χ2v) is 19.8. The van der Waals surface area contributed by atoms with Gasteiger partial charge in [-0.15, -0.1) is 11.3 Å². The molecule has 1 aliphatic rings. The monoisotopic (exact) mass is 924 g/mol. The highest BCUT2D eigenvalue weighted by atomic mass is 32.1. The summed E-state index contributed by atoms with van der Waals surface area (Å²) in [4.78, 5) is 89.6. The molecule has 0 aliphatic carbocycles. The van der Waals surface area contributed by atoms with E-state index in [1.165, 1.54) is 35.6 Å². The molecule has 1 aliphatic heterocycles. The Bertz CT molecular complexity index is 2360. The van der Waals surface area contributed by atoms with Crippen molar-refractivity contribution in [3.05, 3.63) is 123 Å². The number of hydrogen-bond donors (Lipinski definition) is 1. The molecule has 4 aromatic rings. The first kappa shape index (κ1) is 50.4. The van der Waals surface area contributed by atoms with Gasteiger partial charge in [0.15, 0.2) is 5.84 Å². The van der Waals surface area contributed by atoms with Gasteiger partial charge in [0.1, 0.15) is 35.2 Å². The number of aliphatic imine (C=N–C) groups is 1. The van der Waals surface area contributed by atoms with Crippen molar-refractivity contribution in [3.8, 4) is 5.75 Å². The summed E-state index contributed by atoms with van der Waals surface area (Å²) in [5.41, 5.74) is -0.175. The highest BCUT2D eigenvalue weighted by Gasteiger charge is 2.37. The van der Waals surface area contributed by atoms with E-state index in [1.807, 2.05) is 60.7 Å². The van der Waals surface area contributed by atoms with Gasteiger partial charge in [-0.3, -0.25) is 14.4 Å². The Labute approximate surface area is 390 Å². The zero-order chi connectivity index (χ0) is 48.4. The Morgan fingerprint density at radius 2 is 1.35 bits per heavy atom. The number of nitrogens with zero attached hydrogens (tertiary/aromatic N) is 3. The van der Waals surface area contributed by atoms with Gasteiger partial charge in [0.25, 0.3) is 5.91 Å². The van der Waals surface area contributed by atoms with E-state index in [1.54, 1.807) is 74.1 Å². The average molecular weight is 925 g/mol. The summed E-state index contributed by atoms with van der Waals surface area (Å²) < 4.78 is 27.7. The zero-order valence-electron chi connectivity index (χ0n) is 39.4. The standard InChI is InChI=1S/C50H60N4O11S/c1-11-61-41(55)29-38-28-36-30-53(26-25-40(36)66-38)44(57)39(27-32-17-23-37(24-18-32)62-31-33-15-13-12-14-16-33)51-43(56)35-21-19-34(20-22-35)42(52-45(58)63-48(2,3)4)54(46(59)64-49(5,6)7)47(60)65-50(8,9)10/h12-24,28,39H,11,25-27,29-31H2,1-10H3,(H,51,56)/t39-/m1/s1. The third-order valence-corrected chi connectivity index (χ3v) is 10.7. The van der Waals surface area contributed by atoms with Gasteiger partial charge in [-0.05, 0) is 123 Å². The predicted octanol–water partition coefficient (Wildman–Crippen LogP) is 9.21. The first-order valence-corrected chi connectivity index (χ1v) is 22.6. The van der Waals surface area contributed by atoms with E-state index in [2.05, 4.69) is 10.3 Å². The SMILES string of the molecule is CCOC(=O)Cc1cc2c(s1)CCN(C(=O)[C@@H](Cc1ccc(OCc3ccccc3)cc1)NC(=O)c1ccc(C(=NC(=O)OC(C)(C)C)N(C(=O)OC(C)(C)C)C(=O)OC(C)(C)C)cc1)C2.